The summed E-state index contributed by atoms with van der Waals surface area (Å²) >= 11 is 1.11. The molecular weight excluding hydrogens is 376 g/mol. The molecule has 0 unspecified atom stereocenters. The first kappa shape index (κ1) is 20.8. The van der Waals surface area contributed by atoms with Gasteiger partial charge in [0, 0.05) is 39.3 Å². The lowest BCUT2D eigenvalue weighted by molar-refractivity contribution is -0.134. The van der Waals surface area contributed by atoms with Crippen molar-refractivity contribution in [1.29, 1.82) is 0 Å². The molecule has 146 valence electrons. The molecule has 0 saturated carbocycles. The molecule has 1 N–H and O–H groups in total. The average Bonchev–Trinajstić information content (AvgIpc) is 3.17. The van der Waals surface area contributed by atoms with E-state index in [-0.39, 0.29) is 22.6 Å². The van der Waals surface area contributed by atoms with E-state index >= 15 is 0 Å². The van der Waals surface area contributed by atoms with Gasteiger partial charge in [0.25, 0.3) is 10.0 Å². The Morgan fingerprint density at radius 2 is 1.85 bits per heavy atom. The van der Waals surface area contributed by atoms with E-state index < -0.39 is 10.0 Å². The number of rotatable bonds is 8. The van der Waals surface area contributed by atoms with Crippen molar-refractivity contribution in [3.8, 4) is 0 Å². The number of hydrogen-bond acceptors (Lipinski definition) is 6. The highest BCUT2D eigenvalue weighted by Gasteiger charge is 2.25. The van der Waals surface area contributed by atoms with Crippen molar-refractivity contribution in [3.63, 3.8) is 0 Å². The molecule has 0 radical (unpaired) electrons. The van der Waals surface area contributed by atoms with E-state index in [0.717, 1.165) is 11.3 Å². The van der Waals surface area contributed by atoms with E-state index in [1.807, 2.05) is 18.7 Å². The van der Waals surface area contributed by atoms with E-state index in [9.17, 15) is 18.0 Å². The molecule has 0 spiro atoms. The zero-order valence-corrected chi connectivity index (χ0v) is 16.8. The summed E-state index contributed by atoms with van der Waals surface area (Å²) in [6.45, 7) is 7.59. The molecule has 1 aromatic rings. The topological polar surface area (TPSA) is 90.0 Å². The number of likely N-dealkylation sites (N-methyl/N-ethyl adjacent to an activating group) is 1. The molecule has 26 heavy (non-hydrogen) atoms. The van der Waals surface area contributed by atoms with Crippen LogP contribution in [0.5, 0.6) is 0 Å². The van der Waals surface area contributed by atoms with E-state index in [0.29, 0.717) is 45.8 Å². The molecule has 1 saturated heterocycles. The third kappa shape index (κ3) is 5.50. The van der Waals surface area contributed by atoms with E-state index in [1.165, 1.54) is 6.07 Å². The van der Waals surface area contributed by atoms with E-state index in [1.54, 1.807) is 21.2 Å². The Morgan fingerprint density at radius 3 is 2.38 bits per heavy atom. The first-order valence-corrected chi connectivity index (χ1v) is 11.0. The molecule has 0 atom stereocenters. The van der Waals surface area contributed by atoms with Crippen molar-refractivity contribution in [2.75, 3.05) is 52.4 Å². The fraction of sp³-hybridized carbons (Fsp3) is 0.625. The van der Waals surface area contributed by atoms with Gasteiger partial charge in [0.2, 0.25) is 11.8 Å². The van der Waals surface area contributed by atoms with Crippen LogP contribution in [-0.2, 0) is 19.6 Å². The molecule has 2 amide bonds. The minimum absolute atomic E-state index is 0.0958. The minimum atomic E-state index is -3.63. The summed E-state index contributed by atoms with van der Waals surface area (Å²) in [5.41, 5.74) is 0. The normalized spacial score (nSPS) is 15.8. The van der Waals surface area contributed by atoms with Gasteiger partial charge in [-0.1, -0.05) is 6.07 Å². The monoisotopic (exact) mass is 402 g/mol. The van der Waals surface area contributed by atoms with Gasteiger partial charge >= 0.3 is 0 Å². The molecule has 1 aliphatic rings. The molecule has 1 aromatic heterocycles. The second-order valence-corrected chi connectivity index (χ2v) is 8.92. The van der Waals surface area contributed by atoms with Crippen molar-refractivity contribution < 1.29 is 18.0 Å². The first-order chi connectivity index (χ1) is 12.4. The Bertz CT molecular complexity index is 694. The summed E-state index contributed by atoms with van der Waals surface area (Å²) in [6.07, 6.45) is 0. The minimum Gasteiger partial charge on any atom is -0.342 e. The van der Waals surface area contributed by atoms with Gasteiger partial charge in [-0.25, -0.2) is 13.1 Å². The van der Waals surface area contributed by atoms with Crippen molar-refractivity contribution in [2.24, 2.45) is 0 Å². The Balaban J connectivity index is 1.77. The molecule has 0 aromatic carbocycles. The molecule has 0 aliphatic carbocycles. The van der Waals surface area contributed by atoms with Crippen LogP contribution in [-0.4, -0.2) is 87.3 Å². The number of piperazine rings is 1. The Labute approximate surface area is 158 Å². The van der Waals surface area contributed by atoms with Crippen LogP contribution in [0.25, 0.3) is 0 Å². The van der Waals surface area contributed by atoms with Crippen molar-refractivity contribution in [2.45, 2.75) is 18.1 Å². The smallest absolute Gasteiger partial charge is 0.250 e. The van der Waals surface area contributed by atoms with Crippen LogP contribution in [0.4, 0.5) is 0 Å². The van der Waals surface area contributed by atoms with Gasteiger partial charge in [0.15, 0.2) is 0 Å². The van der Waals surface area contributed by atoms with Gasteiger partial charge in [0.1, 0.15) is 4.21 Å². The number of nitrogens with zero attached hydrogens (tertiary/aromatic N) is 3. The van der Waals surface area contributed by atoms with Gasteiger partial charge in [-0.15, -0.1) is 11.3 Å². The van der Waals surface area contributed by atoms with Gasteiger partial charge in [0.05, 0.1) is 13.1 Å². The van der Waals surface area contributed by atoms with Crippen LogP contribution >= 0.6 is 11.3 Å². The molecule has 10 heteroatoms. The van der Waals surface area contributed by atoms with Crippen LogP contribution in [0, 0.1) is 0 Å². The highest BCUT2D eigenvalue weighted by molar-refractivity contribution is 7.91. The third-order valence-corrected chi connectivity index (χ3v) is 7.17. The predicted octanol–water partition coefficient (Wildman–Crippen LogP) is 0.0390. The predicted molar refractivity (Wildman–Crippen MR) is 100 cm³/mol. The van der Waals surface area contributed by atoms with Gasteiger partial charge in [-0.3, -0.25) is 14.5 Å². The fourth-order valence-corrected chi connectivity index (χ4v) is 4.79. The SMILES string of the molecule is CCN(CC)C(=O)CN1CCN(C(=O)CNS(=O)(=O)c2cccs2)CC1. The molecule has 8 nitrogen and oxygen atoms in total. The summed E-state index contributed by atoms with van der Waals surface area (Å²) in [4.78, 5) is 29.8. The lowest BCUT2D eigenvalue weighted by atomic mass is 10.3. The summed E-state index contributed by atoms with van der Waals surface area (Å²) in [7, 11) is -3.63. The Kier molecular flexibility index (Phi) is 7.56. The second-order valence-electron chi connectivity index (χ2n) is 5.98. The van der Waals surface area contributed by atoms with Gasteiger partial charge < -0.3 is 9.80 Å². The maximum atomic E-state index is 12.3. The number of amides is 2. The standard InChI is InChI=1S/C16H26N4O4S2/c1-3-19(4-2)15(22)13-18-7-9-20(10-8-18)14(21)12-17-26(23,24)16-6-5-11-25-16/h5-6,11,17H,3-4,7-10,12-13H2,1-2H3. The number of sulfonamides is 1. The van der Waals surface area contributed by atoms with Gasteiger partial charge in [-0.05, 0) is 25.3 Å². The van der Waals surface area contributed by atoms with Crippen molar-refractivity contribution >= 4 is 33.2 Å². The Hall–Kier alpha value is -1.49. The van der Waals surface area contributed by atoms with Gasteiger partial charge in [-0.2, -0.15) is 0 Å². The van der Waals surface area contributed by atoms with Crippen LogP contribution in [0.15, 0.2) is 21.7 Å². The second kappa shape index (κ2) is 9.45. The summed E-state index contributed by atoms with van der Waals surface area (Å²) in [5, 5.41) is 1.68. The summed E-state index contributed by atoms with van der Waals surface area (Å²) in [5.74, 6) is -0.154. The maximum absolute atomic E-state index is 12.3. The molecule has 2 rings (SSSR count). The third-order valence-electron chi connectivity index (χ3n) is 4.37. The maximum Gasteiger partial charge on any atom is 0.250 e. The molecular formula is C16H26N4O4S2. The molecule has 1 aliphatic heterocycles. The average molecular weight is 403 g/mol. The summed E-state index contributed by atoms with van der Waals surface area (Å²) in [6, 6.07) is 3.16. The Morgan fingerprint density at radius 1 is 1.19 bits per heavy atom. The number of carbonyl (C=O) groups is 2. The van der Waals surface area contributed by atoms with E-state index in [2.05, 4.69) is 4.72 Å². The van der Waals surface area contributed by atoms with Crippen molar-refractivity contribution in [1.82, 2.24) is 19.4 Å². The lowest BCUT2D eigenvalue weighted by Crippen LogP contribution is -2.53. The van der Waals surface area contributed by atoms with Crippen LogP contribution < -0.4 is 4.72 Å². The van der Waals surface area contributed by atoms with Crippen LogP contribution in [0.2, 0.25) is 0 Å². The highest BCUT2D eigenvalue weighted by atomic mass is 32.2. The quantitative estimate of drug-likeness (QED) is 0.663. The molecule has 1 fully saturated rings. The first-order valence-electron chi connectivity index (χ1n) is 8.68. The van der Waals surface area contributed by atoms with Crippen LogP contribution in [0.3, 0.4) is 0 Å². The fourth-order valence-electron chi connectivity index (χ4n) is 2.78. The molecule has 2 heterocycles. The van der Waals surface area contributed by atoms with E-state index in [4.69, 9.17) is 0 Å². The van der Waals surface area contributed by atoms with Crippen molar-refractivity contribution in [3.05, 3.63) is 17.5 Å². The lowest BCUT2D eigenvalue weighted by Gasteiger charge is -2.35. The number of nitrogens with one attached hydrogen (secondary N) is 1. The zero-order valence-electron chi connectivity index (χ0n) is 15.2. The number of carbonyl (C=O) groups excluding carboxylic acids is 2. The van der Waals surface area contributed by atoms with Crippen LogP contribution in [0.1, 0.15) is 13.8 Å². The summed E-state index contributed by atoms with van der Waals surface area (Å²) < 4.78 is 26.7. The molecule has 0 bridgehead atoms. The number of hydrogen-bond donors (Lipinski definition) is 1. The largest absolute Gasteiger partial charge is 0.342 e. The number of thiophene rings is 1. The highest BCUT2D eigenvalue weighted by Crippen LogP contribution is 2.15. The zero-order chi connectivity index (χ0) is 19.2.